The SMILES string of the molecule is CCNC(=NCc1cccnc1N(C)C)NCC(C)(C)c1cccc(F)c1. The molecule has 0 bridgehead atoms. The Morgan fingerprint density at radius 3 is 2.63 bits per heavy atom. The first kappa shape index (κ1) is 20.7. The normalized spacial score (nSPS) is 12.0. The van der Waals surface area contributed by atoms with Gasteiger partial charge in [-0.3, -0.25) is 0 Å². The molecule has 0 radical (unpaired) electrons. The van der Waals surface area contributed by atoms with E-state index in [2.05, 4.69) is 29.5 Å². The van der Waals surface area contributed by atoms with Crippen molar-refractivity contribution >= 4 is 11.8 Å². The number of aromatic nitrogens is 1. The molecule has 0 saturated heterocycles. The summed E-state index contributed by atoms with van der Waals surface area (Å²) in [4.78, 5) is 11.1. The monoisotopic (exact) mass is 371 g/mol. The Labute approximate surface area is 161 Å². The van der Waals surface area contributed by atoms with E-state index in [1.807, 2.05) is 44.1 Å². The summed E-state index contributed by atoms with van der Waals surface area (Å²) >= 11 is 0. The predicted molar refractivity (Wildman–Crippen MR) is 111 cm³/mol. The molecule has 2 rings (SSSR count). The van der Waals surface area contributed by atoms with Gasteiger partial charge in [-0.1, -0.05) is 32.0 Å². The summed E-state index contributed by atoms with van der Waals surface area (Å²) in [5.74, 6) is 1.43. The second-order valence-electron chi connectivity index (χ2n) is 7.32. The topological polar surface area (TPSA) is 52.6 Å². The molecule has 0 unspecified atom stereocenters. The quantitative estimate of drug-likeness (QED) is 0.579. The number of pyridine rings is 1. The maximum absolute atomic E-state index is 13.6. The number of nitrogens with one attached hydrogen (secondary N) is 2. The summed E-state index contributed by atoms with van der Waals surface area (Å²) in [5, 5.41) is 6.65. The van der Waals surface area contributed by atoms with Gasteiger partial charge in [0.05, 0.1) is 6.54 Å². The minimum atomic E-state index is -0.235. The van der Waals surface area contributed by atoms with Crippen molar-refractivity contribution < 1.29 is 4.39 Å². The molecule has 5 nitrogen and oxygen atoms in total. The van der Waals surface area contributed by atoms with Gasteiger partial charge < -0.3 is 15.5 Å². The second-order valence-corrected chi connectivity index (χ2v) is 7.32. The Morgan fingerprint density at radius 2 is 1.96 bits per heavy atom. The molecule has 2 aromatic rings. The van der Waals surface area contributed by atoms with Crippen molar-refractivity contribution in [3.8, 4) is 0 Å². The van der Waals surface area contributed by atoms with Crippen LogP contribution in [0.2, 0.25) is 0 Å². The largest absolute Gasteiger partial charge is 0.362 e. The zero-order chi connectivity index (χ0) is 19.9. The number of nitrogens with zero attached hydrogens (tertiary/aromatic N) is 3. The first-order valence-electron chi connectivity index (χ1n) is 9.23. The van der Waals surface area contributed by atoms with Gasteiger partial charge >= 0.3 is 0 Å². The molecule has 1 heterocycles. The van der Waals surface area contributed by atoms with Crippen LogP contribution in [0.4, 0.5) is 10.2 Å². The highest BCUT2D eigenvalue weighted by Crippen LogP contribution is 2.23. The number of rotatable bonds is 7. The Kier molecular flexibility index (Phi) is 7.16. The lowest BCUT2D eigenvalue weighted by Gasteiger charge is -2.27. The van der Waals surface area contributed by atoms with Crippen molar-refractivity contribution in [2.75, 3.05) is 32.1 Å². The number of hydrogen-bond donors (Lipinski definition) is 2. The van der Waals surface area contributed by atoms with Crippen molar-refractivity contribution in [2.24, 2.45) is 4.99 Å². The average Bonchev–Trinajstić information content (AvgIpc) is 2.64. The average molecular weight is 372 g/mol. The fraction of sp³-hybridized carbons (Fsp3) is 0.429. The van der Waals surface area contributed by atoms with Gasteiger partial charge in [0, 0.05) is 44.4 Å². The molecule has 0 aliphatic carbocycles. The first-order chi connectivity index (χ1) is 12.8. The van der Waals surface area contributed by atoms with Crippen LogP contribution in [-0.4, -0.2) is 38.1 Å². The molecule has 146 valence electrons. The van der Waals surface area contributed by atoms with Gasteiger partial charge in [0.15, 0.2) is 5.96 Å². The standard InChI is InChI=1S/C21H30FN5/c1-6-23-20(25-14-16-9-8-12-24-19(16)27(4)5)26-15-21(2,3)17-10-7-11-18(22)13-17/h7-13H,6,14-15H2,1-5H3,(H2,23,25,26). The van der Waals surface area contributed by atoms with Crippen LogP contribution in [0.25, 0.3) is 0 Å². The minimum absolute atomic E-state index is 0.214. The molecule has 0 saturated carbocycles. The van der Waals surface area contributed by atoms with Crippen LogP contribution in [0.5, 0.6) is 0 Å². The molecule has 0 spiro atoms. The highest BCUT2D eigenvalue weighted by molar-refractivity contribution is 5.80. The number of halogens is 1. The lowest BCUT2D eigenvalue weighted by atomic mass is 9.84. The predicted octanol–water partition coefficient (Wildman–Crippen LogP) is 3.32. The van der Waals surface area contributed by atoms with Gasteiger partial charge in [0.2, 0.25) is 0 Å². The molecule has 0 amide bonds. The van der Waals surface area contributed by atoms with Gasteiger partial charge in [-0.2, -0.15) is 0 Å². The summed E-state index contributed by atoms with van der Waals surface area (Å²) < 4.78 is 13.6. The summed E-state index contributed by atoms with van der Waals surface area (Å²) in [6.07, 6.45) is 1.79. The highest BCUT2D eigenvalue weighted by atomic mass is 19.1. The number of hydrogen-bond acceptors (Lipinski definition) is 3. The van der Waals surface area contributed by atoms with Gasteiger partial charge in [-0.25, -0.2) is 14.4 Å². The van der Waals surface area contributed by atoms with E-state index in [9.17, 15) is 4.39 Å². The Hall–Kier alpha value is -2.63. The van der Waals surface area contributed by atoms with E-state index in [-0.39, 0.29) is 11.2 Å². The van der Waals surface area contributed by atoms with Crippen molar-refractivity contribution in [3.63, 3.8) is 0 Å². The number of aliphatic imine (C=N–C) groups is 1. The molecule has 1 aromatic carbocycles. The van der Waals surface area contributed by atoms with Crippen LogP contribution in [0.1, 0.15) is 31.9 Å². The molecule has 6 heteroatoms. The molecule has 1 aromatic heterocycles. The van der Waals surface area contributed by atoms with Crippen LogP contribution in [-0.2, 0) is 12.0 Å². The third-order valence-electron chi connectivity index (χ3n) is 4.35. The summed E-state index contributed by atoms with van der Waals surface area (Å²) in [6, 6.07) is 10.7. The second kappa shape index (κ2) is 9.35. The zero-order valence-corrected chi connectivity index (χ0v) is 16.9. The van der Waals surface area contributed by atoms with Crippen LogP contribution >= 0.6 is 0 Å². The molecular weight excluding hydrogens is 341 g/mol. The third kappa shape index (κ3) is 5.94. The van der Waals surface area contributed by atoms with E-state index in [1.165, 1.54) is 6.07 Å². The minimum Gasteiger partial charge on any atom is -0.362 e. The molecule has 27 heavy (non-hydrogen) atoms. The third-order valence-corrected chi connectivity index (χ3v) is 4.35. The lowest BCUT2D eigenvalue weighted by Crippen LogP contribution is -2.43. The van der Waals surface area contributed by atoms with Crippen molar-refractivity contribution in [1.29, 1.82) is 0 Å². The van der Waals surface area contributed by atoms with E-state index in [0.29, 0.717) is 13.1 Å². The van der Waals surface area contributed by atoms with E-state index >= 15 is 0 Å². The zero-order valence-electron chi connectivity index (χ0n) is 16.9. The molecule has 0 atom stereocenters. The molecule has 0 fully saturated rings. The van der Waals surface area contributed by atoms with Crippen molar-refractivity contribution in [2.45, 2.75) is 32.7 Å². The van der Waals surface area contributed by atoms with Crippen LogP contribution < -0.4 is 15.5 Å². The van der Waals surface area contributed by atoms with E-state index in [4.69, 9.17) is 4.99 Å². The summed E-state index contributed by atoms with van der Waals surface area (Å²) in [7, 11) is 3.95. The van der Waals surface area contributed by atoms with Gasteiger partial charge in [-0.05, 0) is 30.7 Å². The molecular formula is C21H30FN5. The number of benzene rings is 1. The summed E-state index contributed by atoms with van der Waals surface area (Å²) in [5.41, 5.74) is 1.78. The van der Waals surface area contributed by atoms with Gasteiger partial charge in [0.25, 0.3) is 0 Å². The van der Waals surface area contributed by atoms with Gasteiger partial charge in [-0.15, -0.1) is 0 Å². The summed E-state index contributed by atoms with van der Waals surface area (Å²) in [6.45, 7) is 8.13. The Morgan fingerprint density at radius 1 is 1.19 bits per heavy atom. The molecule has 2 N–H and O–H groups in total. The lowest BCUT2D eigenvalue weighted by molar-refractivity contribution is 0.503. The van der Waals surface area contributed by atoms with Crippen molar-refractivity contribution in [3.05, 3.63) is 59.5 Å². The highest BCUT2D eigenvalue weighted by Gasteiger charge is 2.21. The van der Waals surface area contributed by atoms with E-state index < -0.39 is 0 Å². The Bertz CT molecular complexity index is 771. The smallest absolute Gasteiger partial charge is 0.191 e. The van der Waals surface area contributed by atoms with Crippen LogP contribution in [0.3, 0.4) is 0 Å². The fourth-order valence-corrected chi connectivity index (χ4v) is 2.78. The molecule has 0 aliphatic heterocycles. The number of guanidine groups is 1. The fourth-order valence-electron chi connectivity index (χ4n) is 2.78. The van der Waals surface area contributed by atoms with Crippen LogP contribution in [0, 0.1) is 5.82 Å². The maximum Gasteiger partial charge on any atom is 0.191 e. The molecule has 0 aliphatic rings. The van der Waals surface area contributed by atoms with Gasteiger partial charge in [0.1, 0.15) is 11.6 Å². The van der Waals surface area contributed by atoms with Crippen molar-refractivity contribution in [1.82, 2.24) is 15.6 Å². The number of anilines is 1. The van der Waals surface area contributed by atoms with E-state index in [1.54, 1.807) is 18.3 Å². The maximum atomic E-state index is 13.6. The first-order valence-corrected chi connectivity index (χ1v) is 9.23. The Balaban J connectivity index is 2.10. The van der Waals surface area contributed by atoms with Crippen LogP contribution in [0.15, 0.2) is 47.6 Å². The van der Waals surface area contributed by atoms with E-state index in [0.717, 1.165) is 29.4 Å².